The first-order valence-corrected chi connectivity index (χ1v) is 6.97. The lowest BCUT2D eigenvalue weighted by Crippen LogP contribution is -2.43. The van der Waals surface area contributed by atoms with Crippen molar-refractivity contribution in [2.75, 3.05) is 34.1 Å². The van der Waals surface area contributed by atoms with Gasteiger partial charge in [-0.05, 0) is 0 Å². The Hall–Kier alpha value is -0.0100. The highest BCUT2D eigenvalue weighted by molar-refractivity contribution is 7.53. The molecule has 2 fully saturated rings. The van der Waals surface area contributed by atoms with Crippen molar-refractivity contribution < 1.29 is 32.9 Å². The molecule has 2 heterocycles. The molecule has 7 nitrogen and oxygen atoms in total. The second kappa shape index (κ2) is 4.59. The Morgan fingerprint density at radius 1 is 1.35 bits per heavy atom. The lowest BCUT2D eigenvalue weighted by atomic mass is 10.2. The minimum atomic E-state index is -3.16. The average Bonchev–Trinajstić information content (AvgIpc) is 3.10. The molecule has 2 saturated heterocycles. The summed E-state index contributed by atoms with van der Waals surface area (Å²) in [6, 6.07) is 0. The molecule has 0 aliphatic carbocycles. The molecule has 2 aliphatic rings. The Morgan fingerprint density at radius 3 is 2.41 bits per heavy atom. The third kappa shape index (κ3) is 2.17. The van der Waals surface area contributed by atoms with Gasteiger partial charge in [-0.15, -0.1) is 0 Å². The molecule has 0 bridgehead atoms. The van der Waals surface area contributed by atoms with E-state index in [9.17, 15) is 9.67 Å². The first kappa shape index (κ1) is 13.4. The largest absolute Gasteiger partial charge is 0.391 e. The highest BCUT2D eigenvalue weighted by Gasteiger charge is 2.68. The average molecular weight is 268 g/mol. The van der Waals surface area contributed by atoms with Crippen molar-refractivity contribution in [1.82, 2.24) is 0 Å². The van der Waals surface area contributed by atoms with E-state index in [2.05, 4.69) is 0 Å². The van der Waals surface area contributed by atoms with Gasteiger partial charge in [0.1, 0.15) is 24.9 Å². The smallest absolute Gasteiger partial charge is 0.332 e. The van der Waals surface area contributed by atoms with E-state index in [1.807, 2.05) is 0 Å². The van der Waals surface area contributed by atoms with Crippen LogP contribution in [-0.4, -0.2) is 63.3 Å². The van der Waals surface area contributed by atoms with Crippen molar-refractivity contribution in [1.29, 1.82) is 0 Å². The molecule has 0 amide bonds. The number of aliphatic hydroxyl groups excluding tert-OH is 1. The Labute approximate surface area is 99.5 Å². The molecule has 4 atom stereocenters. The van der Waals surface area contributed by atoms with Crippen LogP contribution in [0.1, 0.15) is 0 Å². The van der Waals surface area contributed by atoms with Crippen molar-refractivity contribution in [3.63, 3.8) is 0 Å². The van der Waals surface area contributed by atoms with Crippen molar-refractivity contribution in [3.8, 4) is 0 Å². The minimum Gasteiger partial charge on any atom is -0.391 e. The first-order valence-electron chi connectivity index (χ1n) is 5.24. The number of aliphatic hydroxyl groups is 1. The van der Waals surface area contributed by atoms with Gasteiger partial charge in [0, 0.05) is 21.3 Å². The summed E-state index contributed by atoms with van der Waals surface area (Å²) in [7, 11) is 0.913. The maximum atomic E-state index is 12.0. The van der Waals surface area contributed by atoms with Crippen molar-refractivity contribution in [2.24, 2.45) is 0 Å². The molecular formula is C9H17O7P. The van der Waals surface area contributed by atoms with Crippen LogP contribution in [0.15, 0.2) is 0 Å². The predicted molar refractivity (Wildman–Crippen MR) is 56.9 cm³/mol. The van der Waals surface area contributed by atoms with Crippen LogP contribution in [0.4, 0.5) is 0 Å². The molecule has 0 radical (unpaired) electrons. The summed E-state index contributed by atoms with van der Waals surface area (Å²) in [5, 5.41) is 9.28. The molecule has 1 N–H and O–H groups in total. The quantitative estimate of drug-likeness (QED) is 0.534. The van der Waals surface area contributed by atoms with E-state index in [1.54, 1.807) is 0 Å². The highest BCUT2D eigenvalue weighted by Crippen LogP contribution is 2.54. The number of fused-ring (bicyclic) bond motifs is 1. The van der Waals surface area contributed by atoms with E-state index >= 15 is 0 Å². The molecule has 0 spiro atoms. The lowest BCUT2D eigenvalue weighted by molar-refractivity contribution is -0.259. The van der Waals surface area contributed by atoms with Crippen LogP contribution in [0, 0.1) is 0 Å². The number of methoxy groups -OCH3 is 1. The summed E-state index contributed by atoms with van der Waals surface area (Å²) in [5.41, 5.74) is 0. The number of rotatable bonds is 6. The second-order valence-corrected chi connectivity index (χ2v) is 6.33. The van der Waals surface area contributed by atoms with Crippen molar-refractivity contribution in [2.45, 2.75) is 24.1 Å². The van der Waals surface area contributed by atoms with E-state index < -0.39 is 19.5 Å². The van der Waals surface area contributed by atoms with E-state index in [4.69, 9.17) is 23.3 Å². The normalized spacial score (nSPS) is 40.4. The van der Waals surface area contributed by atoms with Crippen LogP contribution in [0.5, 0.6) is 0 Å². The van der Waals surface area contributed by atoms with Gasteiger partial charge in [0.05, 0.1) is 6.16 Å². The number of ether oxygens (including phenoxy) is 3. The first-order chi connectivity index (χ1) is 8.04. The summed E-state index contributed by atoms with van der Waals surface area (Å²) >= 11 is 0. The van der Waals surface area contributed by atoms with E-state index in [0.29, 0.717) is 0 Å². The Balaban J connectivity index is 2.05. The highest BCUT2D eigenvalue weighted by atomic mass is 31.2. The fourth-order valence-electron chi connectivity index (χ4n) is 2.09. The third-order valence-electron chi connectivity index (χ3n) is 3.20. The lowest BCUT2D eigenvalue weighted by Gasteiger charge is -2.28. The van der Waals surface area contributed by atoms with Gasteiger partial charge in [-0.2, -0.15) is 0 Å². The zero-order chi connectivity index (χ0) is 12.7. The molecule has 0 saturated carbocycles. The van der Waals surface area contributed by atoms with Crippen LogP contribution >= 0.6 is 7.60 Å². The second-order valence-electron chi connectivity index (χ2n) is 4.01. The summed E-state index contributed by atoms with van der Waals surface area (Å²) in [5.74, 6) is -1.15. The van der Waals surface area contributed by atoms with Gasteiger partial charge >= 0.3 is 7.60 Å². The zero-order valence-electron chi connectivity index (χ0n) is 9.99. The molecule has 100 valence electrons. The van der Waals surface area contributed by atoms with Crippen molar-refractivity contribution in [3.05, 3.63) is 0 Å². The maximum Gasteiger partial charge on any atom is 0.332 e. The monoisotopic (exact) mass is 268 g/mol. The fourth-order valence-corrected chi connectivity index (χ4v) is 3.26. The number of hydrogen-bond acceptors (Lipinski definition) is 7. The van der Waals surface area contributed by atoms with Gasteiger partial charge in [0.15, 0.2) is 0 Å². The zero-order valence-corrected chi connectivity index (χ0v) is 10.9. The molecule has 2 rings (SSSR count). The fraction of sp³-hybridized carbons (Fsp3) is 1.00. The molecule has 0 aromatic rings. The van der Waals surface area contributed by atoms with Crippen molar-refractivity contribution >= 4 is 7.60 Å². The summed E-state index contributed by atoms with van der Waals surface area (Å²) < 4.78 is 37.7. The molecule has 0 aromatic heterocycles. The van der Waals surface area contributed by atoms with Crippen LogP contribution in [0.3, 0.4) is 0 Å². The molecule has 8 heteroatoms. The Kier molecular flexibility index (Phi) is 3.62. The number of hydrogen-bond donors (Lipinski definition) is 1. The molecule has 2 aliphatic heterocycles. The third-order valence-corrected chi connectivity index (χ3v) is 5.12. The maximum absolute atomic E-state index is 12.0. The predicted octanol–water partition coefficient (Wildman–Crippen LogP) is -0.0265. The Bertz CT molecular complexity index is 321. The molecule has 0 unspecified atom stereocenters. The van der Waals surface area contributed by atoms with E-state index in [0.717, 1.165) is 0 Å². The summed E-state index contributed by atoms with van der Waals surface area (Å²) in [6.07, 6.45) is -0.921. The van der Waals surface area contributed by atoms with Crippen LogP contribution < -0.4 is 0 Å². The molecule has 17 heavy (non-hydrogen) atoms. The minimum absolute atomic E-state index is 0.0757. The van der Waals surface area contributed by atoms with Gasteiger partial charge < -0.3 is 28.4 Å². The standard InChI is InChI=1S/C9H17O7P/c1-12-9(5-10)8-7(15-8)6(16-9)4-17(11,13-2)14-3/h6-8,10H,4-5H2,1-3H3/t6-,7+,8+,9+/m1/s1. The SMILES string of the molecule is CO[C@@]1(CO)O[C@H](CP(=O)(OC)OC)[C@@H]2O[C@@H]21. The molecule has 0 aromatic carbocycles. The van der Waals surface area contributed by atoms with Gasteiger partial charge in [0.2, 0.25) is 5.79 Å². The summed E-state index contributed by atoms with van der Waals surface area (Å²) in [4.78, 5) is 0. The van der Waals surface area contributed by atoms with Gasteiger partial charge in [-0.25, -0.2) is 0 Å². The van der Waals surface area contributed by atoms with Crippen LogP contribution in [0.2, 0.25) is 0 Å². The van der Waals surface area contributed by atoms with Gasteiger partial charge in [0.25, 0.3) is 0 Å². The topological polar surface area (TPSA) is 86.8 Å². The Morgan fingerprint density at radius 2 is 2.00 bits per heavy atom. The van der Waals surface area contributed by atoms with Crippen LogP contribution in [-0.2, 0) is 27.8 Å². The van der Waals surface area contributed by atoms with Gasteiger partial charge in [-0.1, -0.05) is 0 Å². The van der Waals surface area contributed by atoms with E-state index in [-0.39, 0.29) is 25.0 Å². The van der Waals surface area contributed by atoms with Crippen LogP contribution in [0.25, 0.3) is 0 Å². The number of epoxide rings is 1. The summed E-state index contributed by atoms with van der Waals surface area (Å²) in [6.45, 7) is -0.314. The van der Waals surface area contributed by atoms with E-state index in [1.165, 1.54) is 21.3 Å². The van der Waals surface area contributed by atoms with Gasteiger partial charge in [-0.3, -0.25) is 4.57 Å². The molecular weight excluding hydrogens is 251 g/mol.